The number of aromatic nitrogens is 1. The fourth-order valence-corrected chi connectivity index (χ4v) is 9.73. The van der Waals surface area contributed by atoms with Crippen LogP contribution in [0.3, 0.4) is 0 Å². The molecule has 410 valence electrons. The Balaban J connectivity index is 0.000000219. The number of aliphatic hydroxyl groups is 2. The Hall–Kier alpha value is -5.86. The molecule has 4 aliphatic rings. The number of hydrogen-bond acceptors (Lipinski definition) is 11. The number of rotatable bonds is 10. The summed E-state index contributed by atoms with van der Waals surface area (Å²) in [6.07, 6.45) is -31.4. The molecule has 0 bridgehead atoms. The lowest BCUT2D eigenvalue weighted by Crippen LogP contribution is -2.54. The van der Waals surface area contributed by atoms with Gasteiger partial charge in [-0.3, -0.25) is 14.6 Å². The number of hydrogen-bond donors (Lipinski definition) is 2. The molecule has 0 amide bonds. The zero-order valence-corrected chi connectivity index (χ0v) is 39.7. The average Bonchev–Trinajstić information content (AvgIpc) is 3.81. The molecule has 0 saturated carbocycles. The molecule has 26 heteroatoms. The maximum Gasteiger partial charge on any atom is 0.430 e. The summed E-state index contributed by atoms with van der Waals surface area (Å²) in [7, 11) is 2.84. The molecule has 2 N–H and O–H groups in total. The third-order valence-electron chi connectivity index (χ3n) is 13.6. The van der Waals surface area contributed by atoms with Crippen LogP contribution in [-0.2, 0) is 52.5 Å². The number of pyridine rings is 1. The maximum atomic E-state index is 13.8. The molecule has 2 saturated heterocycles. The molecule has 4 aromatic rings. The molecular formula is C49H46F15N3O8. The zero-order chi connectivity index (χ0) is 55.4. The summed E-state index contributed by atoms with van der Waals surface area (Å²) in [5, 5.41) is 19.6. The number of ether oxygens (including phenoxy) is 4. The quantitative estimate of drug-likeness (QED) is 0.147. The van der Waals surface area contributed by atoms with Crippen molar-refractivity contribution in [2.45, 2.75) is 74.7 Å². The lowest BCUT2D eigenvalue weighted by Gasteiger charge is -2.34. The second kappa shape index (κ2) is 20.6. The molecule has 0 spiro atoms. The molecule has 8 rings (SSSR count). The molecule has 11 nitrogen and oxygen atoms in total. The van der Waals surface area contributed by atoms with Crippen LogP contribution < -0.4 is 19.3 Å². The highest BCUT2D eigenvalue weighted by molar-refractivity contribution is 6.04. The van der Waals surface area contributed by atoms with Gasteiger partial charge in [0.2, 0.25) is 0 Å². The van der Waals surface area contributed by atoms with Gasteiger partial charge in [0.25, 0.3) is 11.2 Å². The van der Waals surface area contributed by atoms with Gasteiger partial charge in [-0.05, 0) is 73.2 Å². The fraction of sp³-hybridized carbons (Fsp3) is 0.490. The third-order valence-corrected chi connectivity index (χ3v) is 13.6. The molecule has 2 fully saturated rings. The Kier molecular flexibility index (Phi) is 15.6. The standard InChI is InChI=1S/C25H25F6NO4.C24H21F9N2O4/c1-14-3-4-19(23(34,24(26,27)28)25(29,30)31)16(9-14)11-17-10-15-12-20(32-5-7-36-8-6-32)21(35-2)13-18(15)22(17)33;1-38-19-10-15-12(8-18(19)35-2-4-39-5-3-35)6-13(20(15)36)7-17-16(22(25,26)27)9-14(11-34-17)21(37,23(28,29)30)24(31,32)33/h3-4,9,12-13,17,34H,5-8,10-11H2,1-2H3;8-11,13,37H,2-7H2,1H3. The van der Waals surface area contributed by atoms with Crippen molar-refractivity contribution in [2.75, 3.05) is 76.6 Å². The van der Waals surface area contributed by atoms with Gasteiger partial charge in [-0.2, -0.15) is 65.9 Å². The van der Waals surface area contributed by atoms with Crippen molar-refractivity contribution in [1.82, 2.24) is 4.98 Å². The Morgan fingerprint density at radius 3 is 1.41 bits per heavy atom. The van der Waals surface area contributed by atoms with E-state index in [4.69, 9.17) is 18.9 Å². The van der Waals surface area contributed by atoms with Crippen molar-refractivity contribution < 1.29 is 105 Å². The fourth-order valence-electron chi connectivity index (χ4n) is 9.73. The first-order valence-corrected chi connectivity index (χ1v) is 22.8. The number of fused-ring (bicyclic) bond motifs is 2. The van der Waals surface area contributed by atoms with Gasteiger partial charge in [0.1, 0.15) is 11.5 Å². The highest BCUT2D eigenvalue weighted by Crippen LogP contribution is 2.53. The Morgan fingerprint density at radius 2 is 1.01 bits per heavy atom. The molecule has 0 radical (unpaired) electrons. The van der Waals surface area contributed by atoms with Crippen molar-refractivity contribution in [2.24, 2.45) is 11.8 Å². The van der Waals surface area contributed by atoms with Gasteiger partial charge in [-0.25, -0.2) is 0 Å². The number of morpholine rings is 2. The van der Waals surface area contributed by atoms with Crippen molar-refractivity contribution in [3.63, 3.8) is 0 Å². The van der Waals surface area contributed by atoms with Crippen LogP contribution in [0.4, 0.5) is 77.2 Å². The number of anilines is 2. The van der Waals surface area contributed by atoms with Crippen LogP contribution in [0, 0.1) is 18.8 Å². The number of nitrogens with zero attached hydrogens (tertiary/aromatic N) is 3. The number of Topliss-reactive ketones (excluding diaryl/α,β-unsaturated/α-hetero) is 2. The van der Waals surface area contributed by atoms with Crippen LogP contribution in [0.5, 0.6) is 11.5 Å². The van der Waals surface area contributed by atoms with Crippen LogP contribution in [0.25, 0.3) is 0 Å². The van der Waals surface area contributed by atoms with Crippen LogP contribution in [-0.4, -0.2) is 118 Å². The first-order chi connectivity index (χ1) is 34.8. The van der Waals surface area contributed by atoms with Gasteiger partial charge in [0.05, 0.1) is 63.3 Å². The smallest absolute Gasteiger partial charge is 0.430 e. The maximum absolute atomic E-state index is 13.8. The topological polar surface area (TPSA) is 131 Å². The summed E-state index contributed by atoms with van der Waals surface area (Å²) in [5.41, 5.74) is -13.9. The number of halogens is 15. The van der Waals surface area contributed by atoms with Gasteiger partial charge in [-0.1, -0.05) is 23.8 Å². The predicted molar refractivity (Wildman–Crippen MR) is 235 cm³/mol. The number of methoxy groups -OCH3 is 2. The molecule has 3 aromatic carbocycles. The lowest BCUT2D eigenvalue weighted by molar-refractivity contribution is -0.377. The summed E-state index contributed by atoms with van der Waals surface area (Å²) in [6.45, 7) is 5.69. The van der Waals surface area contributed by atoms with E-state index in [2.05, 4.69) is 4.98 Å². The molecule has 2 atom stereocenters. The van der Waals surface area contributed by atoms with E-state index >= 15 is 0 Å². The molecular weight excluding hydrogens is 1040 g/mol. The van der Waals surface area contributed by atoms with E-state index in [-0.39, 0.29) is 30.2 Å². The molecule has 2 unspecified atom stereocenters. The summed E-state index contributed by atoms with van der Waals surface area (Å²) in [5.74, 6) is -2.18. The van der Waals surface area contributed by atoms with Gasteiger partial charge in [0.15, 0.2) is 11.6 Å². The minimum atomic E-state index is -6.39. The van der Waals surface area contributed by atoms with Gasteiger partial charge in [0, 0.05) is 72.9 Å². The van der Waals surface area contributed by atoms with Crippen LogP contribution in [0.15, 0.2) is 54.7 Å². The number of benzene rings is 3. The lowest BCUT2D eigenvalue weighted by atomic mass is 9.83. The first-order valence-electron chi connectivity index (χ1n) is 22.8. The normalized spacial score (nSPS) is 18.9. The summed E-state index contributed by atoms with van der Waals surface area (Å²) in [4.78, 5) is 33.5. The Bertz CT molecular complexity index is 2750. The Labute approximate surface area is 417 Å². The second-order valence-corrected chi connectivity index (χ2v) is 18.3. The molecule has 2 aliphatic carbocycles. The van der Waals surface area contributed by atoms with Crippen molar-refractivity contribution in [1.29, 1.82) is 0 Å². The summed E-state index contributed by atoms with van der Waals surface area (Å²) < 4.78 is 224. The molecule has 3 heterocycles. The van der Waals surface area contributed by atoms with Crippen LogP contribution in [0.1, 0.15) is 65.4 Å². The highest BCUT2D eigenvalue weighted by atomic mass is 19.4. The largest absolute Gasteiger partial charge is 0.495 e. The van der Waals surface area contributed by atoms with Crippen molar-refractivity contribution >= 4 is 22.9 Å². The Morgan fingerprint density at radius 1 is 0.587 bits per heavy atom. The summed E-state index contributed by atoms with van der Waals surface area (Å²) >= 11 is 0. The predicted octanol–water partition coefficient (Wildman–Crippen LogP) is 9.61. The molecule has 75 heavy (non-hydrogen) atoms. The van der Waals surface area contributed by atoms with Gasteiger partial charge >= 0.3 is 30.9 Å². The molecule has 1 aromatic heterocycles. The van der Waals surface area contributed by atoms with Gasteiger partial charge in [-0.15, -0.1) is 0 Å². The monoisotopic (exact) mass is 1090 g/mol. The SMILES string of the molecule is COc1cc2c(cc1N1CCOCC1)CC(Cc1cc(C)ccc1C(O)(C(F)(F)F)C(F)(F)F)C2=O.COc1cc2c(cc1N1CCOCC1)CC(Cc1ncc(C(O)(C(F)(F)F)C(F)(F)F)cc1C(F)(F)F)C2=O. The van der Waals surface area contributed by atoms with E-state index in [0.29, 0.717) is 98.1 Å². The van der Waals surface area contributed by atoms with Crippen LogP contribution in [0.2, 0.25) is 0 Å². The minimum Gasteiger partial charge on any atom is -0.495 e. The zero-order valence-electron chi connectivity index (χ0n) is 39.7. The first kappa shape index (κ1) is 56.9. The van der Waals surface area contributed by atoms with E-state index in [0.717, 1.165) is 17.8 Å². The van der Waals surface area contributed by atoms with Crippen LogP contribution >= 0.6 is 0 Å². The number of carbonyl (C=O) groups is 2. The number of carbonyl (C=O) groups excluding carboxylic acids is 2. The van der Waals surface area contributed by atoms with E-state index in [1.165, 1.54) is 27.2 Å². The number of alkyl halides is 15. The summed E-state index contributed by atoms with van der Waals surface area (Å²) in [6, 6.07) is 8.94. The van der Waals surface area contributed by atoms with E-state index < -0.39 is 107 Å². The van der Waals surface area contributed by atoms with Crippen molar-refractivity contribution in [3.05, 3.63) is 110 Å². The second-order valence-electron chi connectivity index (χ2n) is 18.3. The highest BCUT2D eigenvalue weighted by Gasteiger charge is 2.73. The van der Waals surface area contributed by atoms with E-state index in [1.54, 1.807) is 18.2 Å². The average molecular weight is 1090 g/mol. The van der Waals surface area contributed by atoms with E-state index in [9.17, 15) is 85.7 Å². The van der Waals surface area contributed by atoms with Gasteiger partial charge < -0.3 is 39.0 Å². The van der Waals surface area contributed by atoms with Crippen molar-refractivity contribution in [3.8, 4) is 11.5 Å². The van der Waals surface area contributed by atoms with E-state index in [1.807, 2.05) is 9.80 Å². The number of ketones is 2. The number of aryl methyl sites for hydroxylation is 1. The third kappa shape index (κ3) is 10.8. The molecule has 2 aliphatic heterocycles. The minimum absolute atomic E-state index is 0.0364.